The lowest BCUT2D eigenvalue weighted by atomic mass is 9.48. The molecule has 3 aromatic rings. The fraction of sp³-hybridized carbons (Fsp3) is 0.417. The smallest absolute Gasteiger partial charge is 0.493 e. The minimum absolute atomic E-state index is 0.101. The Kier molecular flexibility index (Phi) is 7.55. The molecule has 1 saturated heterocycles. The number of benzene rings is 3. The summed E-state index contributed by atoms with van der Waals surface area (Å²) in [4.78, 5) is 17.7. The SMILES string of the molecule is COc1ccc2c3c1O[C@H]1[C@@H](N(C)C(=O)C=Cc4cccc(OC(F)(F)F)c4)CC[C@@]4(O)[C@@H](C2)N(CCc2ccccc2)CC[C@]314. The molecule has 10 heteroatoms. The van der Waals surface area contributed by atoms with Crippen LogP contribution in [0.4, 0.5) is 13.2 Å². The Bertz CT molecular complexity index is 1660. The number of halogens is 3. The minimum atomic E-state index is -4.81. The predicted octanol–water partition coefficient (Wildman–Crippen LogP) is 5.53. The van der Waals surface area contributed by atoms with Crippen LogP contribution in [0.3, 0.4) is 0 Å². The maximum Gasteiger partial charge on any atom is 0.573 e. The molecule has 7 rings (SSSR count). The van der Waals surface area contributed by atoms with Gasteiger partial charge in [-0.2, -0.15) is 0 Å². The summed E-state index contributed by atoms with van der Waals surface area (Å²) >= 11 is 0. The summed E-state index contributed by atoms with van der Waals surface area (Å²) < 4.78 is 54.7. The Morgan fingerprint density at radius 1 is 1.13 bits per heavy atom. The number of likely N-dealkylation sites (N-methyl/N-ethyl adjacent to an activating group) is 1. The number of rotatable bonds is 8. The number of methoxy groups -OCH3 is 1. The predicted molar refractivity (Wildman–Crippen MR) is 166 cm³/mol. The van der Waals surface area contributed by atoms with Gasteiger partial charge >= 0.3 is 6.36 Å². The lowest BCUT2D eigenvalue weighted by Gasteiger charge is -2.64. The van der Waals surface area contributed by atoms with Crippen molar-refractivity contribution in [3.8, 4) is 17.2 Å². The molecule has 2 fully saturated rings. The van der Waals surface area contributed by atoms with E-state index in [1.807, 2.05) is 24.3 Å². The van der Waals surface area contributed by atoms with Gasteiger partial charge in [0.25, 0.3) is 0 Å². The Morgan fingerprint density at radius 2 is 1.93 bits per heavy atom. The number of likely N-dealkylation sites (tertiary alicyclic amines) is 1. The van der Waals surface area contributed by atoms with Crippen molar-refractivity contribution in [2.24, 2.45) is 0 Å². The standard InChI is InChI=1S/C36H37F3N2O5/c1-40(30(42)14-11-24-9-6-10-26(21-24)46-36(37,38)39)27-15-17-35(43)29-22-25-12-13-28(44-2)32-31(25)34(35,33(27)45-32)18-20-41(29)19-16-23-7-4-3-5-8-23/h3-14,21,27,29,33,43H,15-20,22H2,1-2H3/t27-,29+,33-,34-,35+/m0/s1. The molecule has 2 aliphatic carbocycles. The molecule has 0 radical (unpaired) electrons. The summed E-state index contributed by atoms with van der Waals surface area (Å²) in [6.07, 6.45) is 0.822. The van der Waals surface area contributed by atoms with Gasteiger partial charge in [0, 0.05) is 31.3 Å². The molecule has 2 aliphatic heterocycles. The van der Waals surface area contributed by atoms with Crippen LogP contribution in [0.15, 0.2) is 72.8 Å². The average Bonchev–Trinajstić information content (AvgIpc) is 3.38. The molecule has 2 heterocycles. The summed E-state index contributed by atoms with van der Waals surface area (Å²) in [6, 6.07) is 19.4. The van der Waals surface area contributed by atoms with Gasteiger partial charge in [0.15, 0.2) is 11.5 Å². The van der Waals surface area contributed by atoms with Gasteiger partial charge in [-0.05, 0) is 79.6 Å². The summed E-state index contributed by atoms with van der Waals surface area (Å²) in [5, 5.41) is 12.9. The highest BCUT2D eigenvalue weighted by Crippen LogP contribution is 2.66. The number of nitrogens with zero attached hydrogens (tertiary/aromatic N) is 2. The van der Waals surface area contributed by atoms with Crippen molar-refractivity contribution in [2.45, 2.75) is 67.7 Å². The van der Waals surface area contributed by atoms with E-state index >= 15 is 0 Å². The number of amides is 1. The summed E-state index contributed by atoms with van der Waals surface area (Å²) in [5.41, 5.74) is 2.04. The number of ether oxygens (including phenoxy) is 3. The quantitative estimate of drug-likeness (QED) is 0.329. The van der Waals surface area contributed by atoms with Crippen LogP contribution in [-0.2, 0) is 23.1 Å². The molecule has 46 heavy (non-hydrogen) atoms. The van der Waals surface area contributed by atoms with E-state index in [9.17, 15) is 23.1 Å². The van der Waals surface area contributed by atoms with Crippen LogP contribution in [0.5, 0.6) is 17.2 Å². The van der Waals surface area contributed by atoms with Gasteiger partial charge in [0.05, 0.1) is 24.2 Å². The van der Waals surface area contributed by atoms with Crippen LogP contribution in [0.25, 0.3) is 6.08 Å². The molecule has 3 aromatic carbocycles. The molecule has 5 atom stereocenters. The van der Waals surface area contributed by atoms with Gasteiger partial charge in [0.1, 0.15) is 11.9 Å². The lowest BCUT2D eigenvalue weighted by Crippen LogP contribution is -2.78. The van der Waals surface area contributed by atoms with Crippen LogP contribution in [0.1, 0.15) is 41.5 Å². The summed E-state index contributed by atoms with van der Waals surface area (Å²) in [6.45, 7) is 1.62. The Hall–Kier alpha value is -4.02. The number of carbonyl (C=O) groups is 1. The van der Waals surface area contributed by atoms with Gasteiger partial charge in [-0.15, -0.1) is 13.2 Å². The largest absolute Gasteiger partial charge is 0.573 e. The van der Waals surface area contributed by atoms with Crippen molar-refractivity contribution in [1.82, 2.24) is 9.80 Å². The highest BCUT2D eigenvalue weighted by molar-refractivity contribution is 5.92. The first-order valence-corrected chi connectivity index (χ1v) is 15.7. The molecule has 1 N–H and O–H groups in total. The minimum Gasteiger partial charge on any atom is -0.493 e. The molecule has 4 aliphatic rings. The molecule has 0 aromatic heterocycles. The van der Waals surface area contributed by atoms with Gasteiger partial charge < -0.3 is 24.2 Å². The molecule has 2 bridgehead atoms. The Morgan fingerprint density at radius 3 is 2.70 bits per heavy atom. The van der Waals surface area contributed by atoms with Crippen LogP contribution in [0, 0.1) is 0 Å². The van der Waals surface area contributed by atoms with Gasteiger partial charge in [0.2, 0.25) is 5.91 Å². The molecule has 1 amide bonds. The third-order valence-electron chi connectivity index (χ3n) is 10.6. The van der Waals surface area contributed by atoms with E-state index in [-0.39, 0.29) is 23.7 Å². The number of aliphatic hydroxyl groups is 1. The van der Waals surface area contributed by atoms with Crippen molar-refractivity contribution in [2.75, 3.05) is 27.2 Å². The first-order valence-electron chi connectivity index (χ1n) is 15.7. The number of carbonyl (C=O) groups excluding carboxylic acids is 1. The number of piperidine rings is 1. The monoisotopic (exact) mass is 634 g/mol. The van der Waals surface area contributed by atoms with E-state index in [0.717, 1.165) is 30.6 Å². The third kappa shape index (κ3) is 4.93. The average molecular weight is 635 g/mol. The fourth-order valence-corrected chi connectivity index (χ4v) is 8.60. The van der Waals surface area contributed by atoms with Crippen molar-refractivity contribution >= 4 is 12.0 Å². The first kappa shape index (κ1) is 30.6. The summed E-state index contributed by atoms with van der Waals surface area (Å²) in [7, 11) is 3.33. The van der Waals surface area contributed by atoms with E-state index in [1.165, 1.54) is 35.9 Å². The van der Waals surface area contributed by atoms with Gasteiger partial charge in [-0.25, -0.2) is 0 Å². The Labute approximate surface area is 266 Å². The van der Waals surface area contributed by atoms with E-state index < -0.39 is 23.5 Å². The molecule has 0 unspecified atom stereocenters. The van der Waals surface area contributed by atoms with E-state index in [1.54, 1.807) is 25.1 Å². The molecule has 1 saturated carbocycles. The molecular formula is C36H37F3N2O5. The van der Waals surface area contributed by atoms with Crippen LogP contribution in [0.2, 0.25) is 0 Å². The molecule has 1 spiro atoms. The number of hydrogen-bond acceptors (Lipinski definition) is 6. The molecule has 242 valence electrons. The van der Waals surface area contributed by atoms with Gasteiger partial charge in [-0.1, -0.05) is 48.5 Å². The third-order valence-corrected chi connectivity index (χ3v) is 10.6. The van der Waals surface area contributed by atoms with Crippen molar-refractivity contribution in [3.05, 3.63) is 95.1 Å². The number of alkyl halides is 3. The second-order valence-electron chi connectivity index (χ2n) is 12.8. The van der Waals surface area contributed by atoms with Gasteiger partial charge in [-0.3, -0.25) is 9.69 Å². The zero-order valence-corrected chi connectivity index (χ0v) is 25.8. The fourth-order valence-electron chi connectivity index (χ4n) is 8.60. The van der Waals surface area contributed by atoms with Crippen LogP contribution < -0.4 is 14.2 Å². The van der Waals surface area contributed by atoms with Crippen LogP contribution >= 0.6 is 0 Å². The molecular weight excluding hydrogens is 597 g/mol. The first-order chi connectivity index (χ1) is 22.0. The lowest BCUT2D eigenvalue weighted by molar-refractivity contribution is -0.274. The highest BCUT2D eigenvalue weighted by atomic mass is 19.4. The number of hydrogen-bond donors (Lipinski definition) is 1. The van der Waals surface area contributed by atoms with E-state index in [4.69, 9.17) is 9.47 Å². The Balaban J connectivity index is 1.18. The maximum absolute atomic E-state index is 13.6. The maximum atomic E-state index is 13.6. The second-order valence-corrected chi connectivity index (χ2v) is 12.8. The molecule has 7 nitrogen and oxygen atoms in total. The zero-order valence-electron chi connectivity index (χ0n) is 25.8. The van der Waals surface area contributed by atoms with Crippen molar-refractivity contribution in [1.29, 1.82) is 0 Å². The topological polar surface area (TPSA) is 71.5 Å². The highest BCUT2D eigenvalue weighted by Gasteiger charge is 2.73. The van der Waals surface area contributed by atoms with Crippen molar-refractivity contribution in [3.63, 3.8) is 0 Å². The summed E-state index contributed by atoms with van der Waals surface area (Å²) in [5.74, 6) is 0.603. The second kappa shape index (κ2) is 11.3. The van der Waals surface area contributed by atoms with E-state index in [0.29, 0.717) is 42.7 Å². The van der Waals surface area contributed by atoms with Crippen molar-refractivity contribution < 1.29 is 37.3 Å². The van der Waals surface area contributed by atoms with Crippen LogP contribution in [-0.4, -0.2) is 78.2 Å². The van der Waals surface area contributed by atoms with E-state index in [2.05, 4.69) is 27.8 Å². The normalized spacial score (nSPS) is 28.0. The zero-order chi connectivity index (χ0) is 32.3.